The Morgan fingerprint density at radius 3 is 1.95 bits per heavy atom. The van der Waals surface area contributed by atoms with Gasteiger partial charge in [0.2, 0.25) is 10.0 Å². The molecule has 0 saturated carbocycles. The van der Waals surface area contributed by atoms with E-state index in [0.29, 0.717) is 37.6 Å². The van der Waals surface area contributed by atoms with Crippen LogP contribution in [0.2, 0.25) is 0 Å². The first kappa shape index (κ1) is 42.9. The van der Waals surface area contributed by atoms with Crippen molar-refractivity contribution in [2.75, 3.05) is 39.8 Å². The van der Waals surface area contributed by atoms with Crippen LogP contribution in [0.15, 0.2) is 114 Å². The van der Waals surface area contributed by atoms with Gasteiger partial charge >= 0.3 is 13.7 Å². The van der Waals surface area contributed by atoms with Crippen LogP contribution in [0.4, 0.5) is 4.79 Å². The van der Waals surface area contributed by atoms with Gasteiger partial charge < -0.3 is 33.3 Å². The molecule has 0 spiro atoms. The van der Waals surface area contributed by atoms with Gasteiger partial charge in [-0.3, -0.25) is 4.57 Å². The van der Waals surface area contributed by atoms with Crippen molar-refractivity contribution < 1.29 is 45.8 Å². The van der Waals surface area contributed by atoms with Crippen LogP contribution in [-0.2, 0) is 52.7 Å². The van der Waals surface area contributed by atoms with Gasteiger partial charge in [-0.2, -0.15) is 4.31 Å². The molecule has 0 aliphatic carbocycles. The van der Waals surface area contributed by atoms with Crippen LogP contribution in [0.1, 0.15) is 43.9 Å². The minimum absolute atomic E-state index is 0.0456. The van der Waals surface area contributed by atoms with Crippen LogP contribution in [-0.4, -0.2) is 70.7 Å². The zero-order valence-corrected chi connectivity index (χ0v) is 34.2. The zero-order chi connectivity index (χ0) is 40.0. The Bertz CT molecular complexity index is 1900. The van der Waals surface area contributed by atoms with Crippen LogP contribution in [0.5, 0.6) is 11.5 Å². The number of alkyl carbamates (subject to hydrolysis) is 1. The molecule has 1 amide bonds. The van der Waals surface area contributed by atoms with E-state index in [9.17, 15) is 17.8 Å². The van der Waals surface area contributed by atoms with Gasteiger partial charge in [-0.1, -0.05) is 93.6 Å². The Kier molecular flexibility index (Phi) is 15.9. The Balaban J connectivity index is 1.29. The van der Waals surface area contributed by atoms with Crippen molar-refractivity contribution in [3.63, 3.8) is 0 Å². The van der Waals surface area contributed by atoms with Crippen LogP contribution in [0, 0.1) is 11.8 Å². The summed E-state index contributed by atoms with van der Waals surface area (Å²) in [7, 11) is -6.06. The van der Waals surface area contributed by atoms with Crippen molar-refractivity contribution in [3.8, 4) is 11.5 Å². The molecular weight excluding hydrogens is 756 g/mol. The van der Waals surface area contributed by atoms with E-state index >= 15 is 0 Å². The Morgan fingerprint density at radius 2 is 1.41 bits per heavy atom. The van der Waals surface area contributed by atoms with Crippen LogP contribution >= 0.6 is 7.60 Å². The Morgan fingerprint density at radius 1 is 0.821 bits per heavy atom. The number of carbonyl (C=O) groups is 1. The number of hydrogen-bond acceptors (Lipinski definition) is 10. The summed E-state index contributed by atoms with van der Waals surface area (Å²) in [6.45, 7) is 7.31. The molecule has 5 rings (SSSR count). The highest BCUT2D eigenvalue weighted by atomic mass is 32.2. The molecule has 56 heavy (non-hydrogen) atoms. The van der Waals surface area contributed by atoms with Crippen molar-refractivity contribution in [1.29, 1.82) is 0 Å². The molecule has 0 radical (unpaired) electrons. The fraction of sp³-hybridized carbons (Fsp3) is 0.405. The normalized spacial score (nSPS) is 15.7. The lowest BCUT2D eigenvalue weighted by Crippen LogP contribution is -2.47. The summed E-state index contributed by atoms with van der Waals surface area (Å²) in [5.41, 5.74) is 2.56. The number of rotatable bonds is 21. The third kappa shape index (κ3) is 13.2. The largest absolute Gasteiger partial charge is 0.497 e. The van der Waals surface area contributed by atoms with Gasteiger partial charge in [0.15, 0.2) is 6.35 Å². The molecule has 12 nitrogen and oxygen atoms in total. The number of hydrogen-bond donors (Lipinski definition) is 1. The minimum Gasteiger partial charge on any atom is -0.497 e. The van der Waals surface area contributed by atoms with Crippen molar-refractivity contribution in [2.45, 2.75) is 63.9 Å². The lowest BCUT2D eigenvalue weighted by molar-refractivity contribution is 0.0785. The quantitative estimate of drug-likeness (QED) is 0.0823. The van der Waals surface area contributed by atoms with Gasteiger partial charge in [0.05, 0.1) is 38.4 Å². The maximum absolute atomic E-state index is 13.9. The van der Waals surface area contributed by atoms with E-state index < -0.39 is 29.8 Å². The van der Waals surface area contributed by atoms with Crippen molar-refractivity contribution >= 4 is 23.7 Å². The smallest absolute Gasteiger partial charge is 0.407 e. The third-order valence-corrected chi connectivity index (χ3v) is 12.6. The molecule has 1 saturated heterocycles. The highest BCUT2D eigenvalue weighted by Crippen LogP contribution is 2.49. The number of nitrogens with one attached hydrogen (secondary N) is 1. The molecule has 14 heteroatoms. The van der Waals surface area contributed by atoms with Gasteiger partial charge in [-0.25, -0.2) is 13.2 Å². The molecule has 1 fully saturated rings. The van der Waals surface area contributed by atoms with Gasteiger partial charge in [0, 0.05) is 25.6 Å². The molecule has 1 N–H and O–H groups in total. The topological polar surface area (TPSA) is 139 Å². The second-order valence-corrected chi connectivity index (χ2v) is 18.2. The number of carbonyl (C=O) groups excluding carboxylic acids is 1. The van der Waals surface area contributed by atoms with Crippen molar-refractivity contribution in [2.24, 2.45) is 11.8 Å². The average Bonchev–Trinajstić information content (AvgIpc) is 3.72. The first-order valence-electron chi connectivity index (χ1n) is 18.8. The summed E-state index contributed by atoms with van der Waals surface area (Å²) in [4.78, 5) is 13.3. The Hall–Kier alpha value is -4.23. The van der Waals surface area contributed by atoms with Crippen molar-refractivity contribution in [1.82, 2.24) is 9.62 Å². The lowest BCUT2D eigenvalue weighted by atomic mass is 9.94. The lowest BCUT2D eigenvalue weighted by Gasteiger charge is -2.31. The van der Waals surface area contributed by atoms with E-state index in [2.05, 4.69) is 5.32 Å². The second-order valence-electron chi connectivity index (χ2n) is 14.3. The van der Waals surface area contributed by atoms with Crippen LogP contribution < -0.4 is 14.8 Å². The van der Waals surface area contributed by atoms with Gasteiger partial charge in [0.1, 0.15) is 17.6 Å². The molecule has 0 bridgehead atoms. The summed E-state index contributed by atoms with van der Waals surface area (Å²) in [6, 6.07) is 31.9. The number of sulfonamides is 1. The summed E-state index contributed by atoms with van der Waals surface area (Å²) in [6.07, 6.45) is -0.265. The third-order valence-electron chi connectivity index (χ3n) is 9.22. The number of ether oxygens (including phenoxy) is 4. The highest BCUT2D eigenvalue weighted by Gasteiger charge is 2.32. The number of methoxy groups -OCH3 is 1. The predicted octanol–water partition coefficient (Wildman–Crippen LogP) is 8.07. The standard InChI is InChI=1S/C42H53N2O10PS/c1-32(2)26-44(56(47,48)40-21-19-37(49-4)20-22-40)27-33(3)41(43-42(45)54-39-23-24-50-30-39)25-34-15-17-38(18-16-34)51-31-55(46,52-28-35-11-7-5-8-12-35)53-29-36-13-9-6-10-14-36/h5-22,32-33,39,41H,23-31H2,1-4H3,(H,43,45)/t33-,39-,41+/m1/s1. The summed E-state index contributed by atoms with van der Waals surface area (Å²) in [5.74, 6) is 0.720. The van der Waals surface area contributed by atoms with E-state index in [1.807, 2.05) is 93.6 Å². The molecule has 1 aliphatic heterocycles. The molecular formula is C42H53N2O10PS. The van der Waals surface area contributed by atoms with E-state index in [4.69, 9.17) is 28.0 Å². The fourth-order valence-electron chi connectivity index (χ4n) is 6.10. The molecule has 0 unspecified atom stereocenters. The predicted molar refractivity (Wildman–Crippen MR) is 214 cm³/mol. The maximum Gasteiger partial charge on any atom is 0.407 e. The fourth-order valence-corrected chi connectivity index (χ4v) is 9.02. The van der Waals surface area contributed by atoms with Crippen LogP contribution in [0.25, 0.3) is 0 Å². The molecule has 4 aromatic rings. The summed E-state index contributed by atoms with van der Waals surface area (Å²) in [5, 5.41) is 3.02. The molecule has 0 aromatic heterocycles. The Labute approximate surface area is 331 Å². The van der Waals surface area contributed by atoms with Gasteiger partial charge in [-0.05, 0) is 71.3 Å². The van der Waals surface area contributed by atoms with E-state index in [1.165, 1.54) is 23.5 Å². The highest BCUT2D eigenvalue weighted by molar-refractivity contribution is 7.89. The van der Waals surface area contributed by atoms with Gasteiger partial charge in [-0.15, -0.1) is 0 Å². The monoisotopic (exact) mass is 808 g/mol. The van der Waals surface area contributed by atoms with Gasteiger partial charge in [0.25, 0.3) is 0 Å². The van der Waals surface area contributed by atoms with Crippen molar-refractivity contribution in [3.05, 3.63) is 126 Å². The van der Waals surface area contributed by atoms with E-state index in [1.54, 1.807) is 24.3 Å². The summed E-state index contributed by atoms with van der Waals surface area (Å²) < 4.78 is 77.2. The number of amides is 1. The maximum atomic E-state index is 13.9. The number of benzene rings is 4. The first-order chi connectivity index (χ1) is 26.9. The molecule has 302 valence electrons. The first-order valence-corrected chi connectivity index (χ1v) is 22.0. The number of nitrogens with zero attached hydrogens (tertiary/aromatic N) is 1. The minimum atomic E-state index is -3.88. The SMILES string of the molecule is COc1ccc(S(=O)(=O)N(CC(C)C)C[C@@H](C)[C@H](Cc2ccc(OCP(=O)(OCc3ccccc3)OCc3ccccc3)cc2)NC(=O)O[C@@H]2CCOC2)cc1. The van der Waals surface area contributed by atoms with Crippen LogP contribution in [0.3, 0.4) is 0 Å². The molecule has 1 aliphatic rings. The summed E-state index contributed by atoms with van der Waals surface area (Å²) >= 11 is 0. The molecule has 4 aromatic carbocycles. The van der Waals surface area contributed by atoms with E-state index in [0.717, 1.165) is 16.7 Å². The average molecular weight is 809 g/mol. The zero-order valence-electron chi connectivity index (χ0n) is 32.5. The van der Waals surface area contributed by atoms with E-state index in [-0.39, 0.29) is 55.5 Å². The molecule has 1 heterocycles. The second kappa shape index (κ2) is 20.8. The molecule has 3 atom stereocenters.